The van der Waals surface area contributed by atoms with E-state index >= 15 is 0 Å². The van der Waals surface area contributed by atoms with Crippen LogP contribution in [-0.4, -0.2) is 68.7 Å². The van der Waals surface area contributed by atoms with Gasteiger partial charge in [-0.15, -0.1) is 17.7 Å². The zero-order chi connectivity index (χ0) is 4.41. The molecule has 0 aliphatic rings. The molecule has 0 saturated heterocycles. The van der Waals surface area contributed by atoms with Gasteiger partial charge in [-0.3, -0.25) is 0 Å². The van der Waals surface area contributed by atoms with Crippen LogP contribution in [0.3, 0.4) is 0 Å². The summed E-state index contributed by atoms with van der Waals surface area (Å²) < 4.78 is 4.39. The predicted octanol–water partition coefficient (Wildman–Crippen LogP) is -0.470. The molecule has 0 fully saturated rings. The van der Waals surface area contributed by atoms with E-state index in [1.165, 1.54) is 11.5 Å². The van der Waals surface area contributed by atoms with Gasteiger partial charge in [-0.2, -0.15) is 0 Å². The van der Waals surface area contributed by atoms with Gasteiger partial charge >= 0.3 is 59.1 Å². The molecular weight excluding hydrogens is 162 g/mol. The third-order valence-electron chi connectivity index (χ3n) is 0.350. The molecule has 2 nitrogen and oxygen atoms in total. The van der Waals surface area contributed by atoms with Crippen LogP contribution in [0.1, 0.15) is 0 Å². The van der Waals surface area contributed by atoms with E-state index in [0.717, 1.165) is 4.21 Å². The summed E-state index contributed by atoms with van der Waals surface area (Å²) in [6.07, 6.45) is 1.60. The van der Waals surface area contributed by atoms with Gasteiger partial charge in [0, 0.05) is 0 Å². The normalized spacial score (nSPS) is 6.62. The SMILES string of the molecule is Sc1cnns1.[NaH].[NaH]. The van der Waals surface area contributed by atoms with Gasteiger partial charge in [-0.1, -0.05) is 4.49 Å². The van der Waals surface area contributed by atoms with Gasteiger partial charge < -0.3 is 0 Å². The van der Waals surface area contributed by atoms with Crippen LogP contribution in [-0.2, 0) is 0 Å². The fraction of sp³-hybridized carbons (Fsp3) is 0. The molecule has 0 radical (unpaired) electrons. The topological polar surface area (TPSA) is 25.8 Å². The molecule has 1 heterocycles. The Kier molecular flexibility index (Phi) is 11.0. The van der Waals surface area contributed by atoms with Crippen LogP contribution in [0.4, 0.5) is 0 Å². The number of nitrogens with zero attached hydrogens (tertiary/aromatic N) is 2. The third kappa shape index (κ3) is 4.76. The maximum absolute atomic E-state index is 3.93. The number of hydrogen-bond acceptors (Lipinski definition) is 4. The number of aromatic nitrogens is 2. The first kappa shape index (κ1) is 12.6. The van der Waals surface area contributed by atoms with E-state index in [-0.39, 0.29) is 59.1 Å². The van der Waals surface area contributed by atoms with Crippen molar-refractivity contribution in [3.8, 4) is 0 Å². The van der Waals surface area contributed by atoms with Crippen LogP contribution < -0.4 is 0 Å². The second-order valence-corrected chi connectivity index (χ2v) is 2.33. The zero-order valence-electron chi connectivity index (χ0n) is 2.83. The van der Waals surface area contributed by atoms with E-state index in [0.29, 0.717) is 0 Å². The third-order valence-corrected chi connectivity index (χ3v) is 1.18. The summed E-state index contributed by atoms with van der Waals surface area (Å²) in [6, 6.07) is 0. The van der Waals surface area contributed by atoms with Gasteiger partial charge in [0.25, 0.3) is 0 Å². The average molecular weight is 166 g/mol. The van der Waals surface area contributed by atoms with E-state index in [2.05, 4.69) is 22.2 Å². The van der Waals surface area contributed by atoms with Crippen molar-refractivity contribution in [1.29, 1.82) is 0 Å². The van der Waals surface area contributed by atoms with E-state index in [1.807, 2.05) is 0 Å². The van der Waals surface area contributed by atoms with Crippen molar-refractivity contribution in [2.24, 2.45) is 0 Å². The van der Waals surface area contributed by atoms with Gasteiger partial charge in [0.1, 0.15) is 0 Å². The molecule has 0 bridgehead atoms. The minimum absolute atomic E-state index is 0. The fourth-order valence-electron chi connectivity index (χ4n) is 0.162. The van der Waals surface area contributed by atoms with Gasteiger partial charge in [0.15, 0.2) is 0 Å². The number of thiol groups is 1. The standard InChI is InChI=1S/C2H2N2S2.2Na.2H/c5-2-1-3-4-6-2;;;;/h1,5H;;;;. The van der Waals surface area contributed by atoms with Gasteiger partial charge in [-0.25, -0.2) is 0 Å². The van der Waals surface area contributed by atoms with E-state index in [9.17, 15) is 0 Å². The van der Waals surface area contributed by atoms with Crippen molar-refractivity contribution in [2.45, 2.75) is 4.21 Å². The van der Waals surface area contributed by atoms with Crippen LogP contribution in [0.2, 0.25) is 0 Å². The summed E-state index contributed by atoms with van der Waals surface area (Å²) in [4.78, 5) is 0. The molecule has 0 atom stereocenters. The molecule has 0 aliphatic carbocycles. The molecule has 0 aliphatic heterocycles. The average Bonchev–Trinajstić information content (AvgIpc) is 1.86. The minimum atomic E-state index is 0. The Bertz CT molecular complexity index is 120. The first-order chi connectivity index (χ1) is 2.89. The van der Waals surface area contributed by atoms with Crippen molar-refractivity contribution in [3.05, 3.63) is 6.20 Å². The van der Waals surface area contributed by atoms with Gasteiger partial charge in [0.05, 0.1) is 10.4 Å². The summed E-state index contributed by atoms with van der Waals surface area (Å²) in [5.74, 6) is 0. The van der Waals surface area contributed by atoms with Crippen LogP contribution in [0, 0.1) is 0 Å². The summed E-state index contributed by atoms with van der Waals surface area (Å²) in [6.45, 7) is 0. The molecule has 6 heteroatoms. The Labute approximate surface area is 102 Å². The molecule has 1 rings (SSSR count). The molecule has 0 saturated carbocycles. The first-order valence-corrected chi connectivity index (χ1v) is 2.58. The monoisotopic (exact) mass is 166 g/mol. The molecule has 1 aromatic heterocycles. The molecule has 1 aromatic rings. The molecule has 36 valence electrons. The Morgan fingerprint density at radius 2 is 2.12 bits per heavy atom. The Morgan fingerprint density at radius 1 is 1.50 bits per heavy atom. The van der Waals surface area contributed by atoms with Crippen LogP contribution >= 0.6 is 24.2 Å². The predicted molar refractivity (Wildman–Crippen MR) is 41.5 cm³/mol. The second kappa shape index (κ2) is 7.02. The van der Waals surface area contributed by atoms with Crippen LogP contribution in [0.15, 0.2) is 10.4 Å². The van der Waals surface area contributed by atoms with Crippen molar-refractivity contribution < 1.29 is 0 Å². The Morgan fingerprint density at radius 3 is 2.25 bits per heavy atom. The number of hydrogen-bond donors (Lipinski definition) is 1. The van der Waals surface area contributed by atoms with Crippen molar-refractivity contribution in [1.82, 2.24) is 9.59 Å². The maximum atomic E-state index is 3.93. The van der Waals surface area contributed by atoms with Gasteiger partial charge in [-0.05, 0) is 11.5 Å². The molecule has 0 aromatic carbocycles. The van der Waals surface area contributed by atoms with E-state index in [1.54, 1.807) is 6.20 Å². The van der Waals surface area contributed by atoms with Crippen LogP contribution in [0.5, 0.6) is 0 Å². The first-order valence-electron chi connectivity index (χ1n) is 1.36. The summed E-state index contributed by atoms with van der Waals surface area (Å²) in [5, 5.41) is 3.51. The van der Waals surface area contributed by atoms with Crippen molar-refractivity contribution >= 4 is 83.3 Å². The number of rotatable bonds is 0. The van der Waals surface area contributed by atoms with Crippen molar-refractivity contribution in [2.75, 3.05) is 0 Å². The van der Waals surface area contributed by atoms with Crippen molar-refractivity contribution in [3.63, 3.8) is 0 Å². The summed E-state index contributed by atoms with van der Waals surface area (Å²) in [7, 11) is 0. The molecule has 0 amide bonds. The molecule has 0 N–H and O–H groups in total. The quantitative estimate of drug-likeness (QED) is 0.416. The van der Waals surface area contributed by atoms with E-state index in [4.69, 9.17) is 0 Å². The van der Waals surface area contributed by atoms with E-state index < -0.39 is 0 Å². The fourth-order valence-corrected chi connectivity index (χ4v) is 0.595. The summed E-state index contributed by atoms with van der Waals surface area (Å²) in [5.41, 5.74) is 0. The Balaban J connectivity index is 0. The van der Waals surface area contributed by atoms with Crippen LogP contribution in [0.25, 0.3) is 0 Å². The zero-order valence-corrected chi connectivity index (χ0v) is 4.54. The Hall–Kier alpha value is 1.91. The second-order valence-electron chi connectivity index (χ2n) is 0.756. The molecule has 0 spiro atoms. The van der Waals surface area contributed by atoms with Gasteiger partial charge in [0.2, 0.25) is 0 Å². The molecule has 0 unspecified atom stereocenters. The molecular formula is C2H4N2Na2S2. The summed E-state index contributed by atoms with van der Waals surface area (Å²) >= 11 is 5.21. The molecule has 8 heavy (non-hydrogen) atoms.